The fourth-order valence-electron chi connectivity index (χ4n) is 3.53. The van der Waals surface area contributed by atoms with Gasteiger partial charge in [-0.2, -0.15) is 0 Å². The molecule has 3 aliphatic rings. The minimum atomic E-state index is 0.335. The summed E-state index contributed by atoms with van der Waals surface area (Å²) in [6, 6.07) is 0. The molecule has 3 heteroatoms. The van der Waals surface area contributed by atoms with Crippen molar-refractivity contribution in [2.45, 2.75) is 44.3 Å². The average molecular weight is 277 g/mol. The van der Waals surface area contributed by atoms with Crippen molar-refractivity contribution in [2.24, 2.45) is 11.8 Å². The summed E-state index contributed by atoms with van der Waals surface area (Å²) in [4.78, 5) is 2.59. The Morgan fingerprint density at radius 2 is 1.90 bits per heavy atom. The highest BCUT2D eigenvalue weighted by molar-refractivity contribution is 5.11. The molecular weight excluding hydrogens is 250 g/mol. The Morgan fingerprint density at radius 3 is 2.55 bits per heavy atom. The van der Waals surface area contributed by atoms with Crippen molar-refractivity contribution in [3.05, 3.63) is 24.3 Å². The fourth-order valence-corrected chi connectivity index (χ4v) is 3.53. The second kappa shape index (κ2) is 6.88. The molecule has 0 spiro atoms. The van der Waals surface area contributed by atoms with Crippen LogP contribution in [0.4, 0.5) is 0 Å². The monoisotopic (exact) mass is 277 g/mol. The van der Waals surface area contributed by atoms with E-state index >= 15 is 0 Å². The molecule has 0 radical (unpaired) electrons. The molecule has 0 aromatic carbocycles. The van der Waals surface area contributed by atoms with Crippen LogP contribution in [0.25, 0.3) is 0 Å². The summed E-state index contributed by atoms with van der Waals surface area (Å²) in [7, 11) is 0. The number of rotatable bonds is 5. The van der Waals surface area contributed by atoms with Crippen molar-refractivity contribution < 1.29 is 9.84 Å². The normalized spacial score (nSPS) is 35.1. The van der Waals surface area contributed by atoms with Crippen LogP contribution < -0.4 is 0 Å². The lowest BCUT2D eigenvalue weighted by Gasteiger charge is -2.40. The van der Waals surface area contributed by atoms with Crippen LogP contribution in [-0.4, -0.2) is 48.5 Å². The second-order valence-electron chi connectivity index (χ2n) is 6.59. The summed E-state index contributed by atoms with van der Waals surface area (Å²) in [5.74, 6) is 1.21. The summed E-state index contributed by atoms with van der Waals surface area (Å²) in [6.07, 6.45) is 15.5. The SMILES string of the molecule is OCC1CC(OC2CCN(CC3C=CC=CC3)CC2)C1. The lowest BCUT2D eigenvalue weighted by molar-refractivity contribution is -0.101. The molecule has 112 valence electrons. The Balaban J connectivity index is 1.33. The molecule has 2 fully saturated rings. The molecule has 1 unspecified atom stereocenters. The lowest BCUT2D eigenvalue weighted by Crippen LogP contribution is -2.43. The molecule has 0 amide bonds. The van der Waals surface area contributed by atoms with Crippen LogP contribution in [0.2, 0.25) is 0 Å². The van der Waals surface area contributed by atoms with Crippen LogP contribution in [-0.2, 0) is 4.74 Å². The van der Waals surface area contributed by atoms with Crippen LogP contribution in [0.5, 0.6) is 0 Å². The van der Waals surface area contributed by atoms with Crippen LogP contribution in [0, 0.1) is 11.8 Å². The van der Waals surface area contributed by atoms with Gasteiger partial charge in [-0.05, 0) is 43.9 Å². The molecule has 1 saturated carbocycles. The largest absolute Gasteiger partial charge is 0.396 e. The maximum absolute atomic E-state index is 9.03. The molecular formula is C17H27NO2. The van der Waals surface area contributed by atoms with Crippen LogP contribution >= 0.6 is 0 Å². The van der Waals surface area contributed by atoms with Gasteiger partial charge >= 0.3 is 0 Å². The summed E-state index contributed by atoms with van der Waals surface area (Å²) in [5, 5.41) is 9.03. The molecule has 3 rings (SSSR count). The maximum Gasteiger partial charge on any atom is 0.0603 e. The van der Waals surface area contributed by atoms with E-state index in [-0.39, 0.29) is 0 Å². The highest BCUT2D eigenvalue weighted by Crippen LogP contribution is 2.32. The van der Waals surface area contributed by atoms with Crippen molar-refractivity contribution in [2.75, 3.05) is 26.2 Å². The van der Waals surface area contributed by atoms with E-state index in [1.165, 1.54) is 38.9 Å². The first-order valence-corrected chi connectivity index (χ1v) is 8.15. The number of piperidine rings is 1. The molecule has 0 aromatic rings. The van der Waals surface area contributed by atoms with Crippen molar-refractivity contribution in [1.82, 2.24) is 4.90 Å². The van der Waals surface area contributed by atoms with Gasteiger partial charge in [0, 0.05) is 26.2 Å². The zero-order valence-corrected chi connectivity index (χ0v) is 12.3. The molecule has 0 aromatic heterocycles. The van der Waals surface area contributed by atoms with Crippen molar-refractivity contribution in [3.63, 3.8) is 0 Å². The first kappa shape index (κ1) is 14.3. The van der Waals surface area contributed by atoms with Crippen LogP contribution in [0.1, 0.15) is 32.1 Å². The fraction of sp³-hybridized carbons (Fsp3) is 0.765. The van der Waals surface area contributed by atoms with E-state index in [0.29, 0.717) is 30.7 Å². The lowest BCUT2D eigenvalue weighted by atomic mass is 9.83. The number of allylic oxidation sites excluding steroid dienone is 3. The Labute approximate surface area is 122 Å². The van der Waals surface area contributed by atoms with Gasteiger partial charge in [0.1, 0.15) is 0 Å². The van der Waals surface area contributed by atoms with E-state index in [2.05, 4.69) is 29.2 Å². The molecule has 1 saturated heterocycles. The molecule has 0 bridgehead atoms. The summed E-state index contributed by atoms with van der Waals surface area (Å²) < 4.78 is 6.13. The molecule has 20 heavy (non-hydrogen) atoms. The number of aliphatic hydroxyl groups excluding tert-OH is 1. The number of hydrogen-bond acceptors (Lipinski definition) is 3. The van der Waals surface area contributed by atoms with E-state index in [9.17, 15) is 0 Å². The Bertz CT molecular complexity index is 352. The zero-order valence-electron chi connectivity index (χ0n) is 12.3. The minimum absolute atomic E-state index is 0.335. The van der Waals surface area contributed by atoms with Gasteiger partial charge in [-0.3, -0.25) is 0 Å². The van der Waals surface area contributed by atoms with Gasteiger partial charge in [-0.25, -0.2) is 0 Å². The van der Waals surface area contributed by atoms with E-state index in [0.717, 1.165) is 12.8 Å². The van der Waals surface area contributed by atoms with Gasteiger partial charge < -0.3 is 14.7 Å². The third kappa shape index (κ3) is 3.72. The Hall–Kier alpha value is -0.640. The Morgan fingerprint density at radius 1 is 1.10 bits per heavy atom. The summed E-state index contributed by atoms with van der Waals surface area (Å²) in [6.45, 7) is 3.88. The van der Waals surface area contributed by atoms with E-state index in [1.807, 2.05) is 0 Å². The van der Waals surface area contributed by atoms with Gasteiger partial charge in [0.05, 0.1) is 12.2 Å². The number of ether oxygens (including phenoxy) is 1. The van der Waals surface area contributed by atoms with Gasteiger partial charge in [0.2, 0.25) is 0 Å². The predicted octanol–water partition coefficient (Wildman–Crippen LogP) is 2.37. The summed E-state index contributed by atoms with van der Waals surface area (Å²) >= 11 is 0. The predicted molar refractivity (Wildman–Crippen MR) is 80.5 cm³/mol. The molecule has 1 atom stereocenters. The van der Waals surface area contributed by atoms with Gasteiger partial charge in [0.25, 0.3) is 0 Å². The zero-order chi connectivity index (χ0) is 13.8. The standard InChI is InChI=1S/C17H27NO2/c19-13-15-10-17(11-15)20-16-6-8-18(9-7-16)12-14-4-2-1-3-5-14/h1-4,14-17,19H,5-13H2. The molecule has 3 nitrogen and oxygen atoms in total. The van der Waals surface area contributed by atoms with Gasteiger partial charge in [-0.1, -0.05) is 24.3 Å². The van der Waals surface area contributed by atoms with Crippen LogP contribution in [0.15, 0.2) is 24.3 Å². The number of hydrogen-bond donors (Lipinski definition) is 1. The van der Waals surface area contributed by atoms with Gasteiger partial charge in [0.15, 0.2) is 0 Å². The number of aliphatic hydroxyl groups is 1. The van der Waals surface area contributed by atoms with Crippen molar-refractivity contribution in [3.8, 4) is 0 Å². The average Bonchev–Trinajstić information content (AvgIpc) is 2.45. The topological polar surface area (TPSA) is 32.7 Å². The van der Waals surface area contributed by atoms with E-state index in [1.54, 1.807) is 0 Å². The van der Waals surface area contributed by atoms with E-state index in [4.69, 9.17) is 9.84 Å². The second-order valence-corrected chi connectivity index (χ2v) is 6.59. The third-order valence-electron chi connectivity index (χ3n) is 4.93. The number of nitrogens with zero attached hydrogens (tertiary/aromatic N) is 1. The highest BCUT2D eigenvalue weighted by atomic mass is 16.5. The number of likely N-dealkylation sites (tertiary alicyclic amines) is 1. The first-order valence-electron chi connectivity index (χ1n) is 8.15. The third-order valence-corrected chi connectivity index (χ3v) is 4.93. The molecule has 1 heterocycles. The molecule has 2 aliphatic carbocycles. The maximum atomic E-state index is 9.03. The molecule has 1 N–H and O–H groups in total. The minimum Gasteiger partial charge on any atom is -0.396 e. The first-order chi connectivity index (χ1) is 9.83. The van der Waals surface area contributed by atoms with E-state index < -0.39 is 0 Å². The van der Waals surface area contributed by atoms with Crippen LogP contribution in [0.3, 0.4) is 0 Å². The molecule has 1 aliphatic heterocycles. The van der Waals surface area contributed by atoms with Crippen molar-refractivity contribution >= 4 is 0 Å². The smallest absolute Gasteiger partial charge is 0.0603 e. The highest BCUT2D eigenvalue weighted by Gasteiger charge is 2.32. The summed E-state index contributed by atoms with van der Waals surface area (Å²) in [5.41, 5.74) is 0. The quantitative estimate of drug-likeness (QED) is 0.837. The van der Waals surface area contributed by atoms with Crippen molar-refractivity contribution in [1.29, 1.82) is 0 Å². The van der Waals surface area contributed by atoms with Gasteiger partial charge in [-0.15, -0.1) is 0 Å². The Kier molecular flexibility index (Phi) is 4.92.